The first-order valence-corrected chi connectivity index (χ1v) is 5.60. The molecule has 0 saturated carbocycles. The van der Waals surface area contributed by atoms with Crippen molar-refractivity contribution in [2.24, 2.45) is 5.73 Å². The number of carbonyl (C=O) groups is 3. The quantitative estimate of drug-likeness (QED) is 0.526. The highest BCUT2D eigenvalue weighted by atomic mass is 16.5. The van der Waals surface area contributed by atoms with Gasteiger partial charge in [-0.05, 0) is 19.1 Å². The van der Waals surface area contributed by atoms with Crippen molar-refractivity contribution in [1.82, 2.24) is 5.32 Å². The number of rotatable bonds is 4. The average Bonchev–Trinajstić information content (AvgIpc) is 2.37. The molecule has 20 heavy (non-hydrogen) atoms. The maximum atomic E-state index is 11.6. The number of nitrogen functional groups attached to an aromatic ring is 1. The molecule has 0 bridgehead atoms. The molecule has 1 aromatic rings. The van der Waals surface area contributed by atoms with Crippen LogP contribution in [0.4, 0.5) is 10.5 Å². The number of imide groups is 1. The summed E-state index contributed by atoms with van der Waals surface area (Å²) < 4.78 is 9.90. The zero-order chi connectivity index (χ0) is 15.3. The summed E-state index contributed by atoms with van der Waals surface area (Å²) in [5, 5.41) is 1.87. The number of hydrogen-bond acceptors (Lipinski definition) is 6. The molecule has 0 saturated heterocycles. The van der Waals surface area contributed by atoms with Crippen molar-refractivity contribution in [2.75, 3.05) is 12.8 Å². The Morgan fingerprint density at radius 1 is 1.30 bits per heavy atom. The molecule has 0 aliphatic heterocycles. The van der Waals surface area contributed by atoms with Gasteiger partial charge in [-0.15, -0.1) is 0 Å². The molecule has 5 N–H and O–H groups in total. The minimum atomic E-state index is -1.05. The van der Waals surface area contributed by atoms with Crippen LogP contribution in [-0.2, 0) is 9.53 Å². The Morgan fingerprint density at radius 3 is 2.50 bits per heavy atom. The van der Waals surface area contributed by atoms with Gasteiger partial charge in [0.15, 0.2) is 6.10 Å². The third-order valence-corrected chi connectivity index (χ3v) is 2.33. The molecule has 1 atom stereocenters. The first-order valence-electron chi connectivity index (χ1n) is 5.60. The molecule has 1 aromatic carbocycles. The third kappa shape index (κ3) is 3.87. The predicted octanol–water partition coefficient (Wildman–Crippen LogP) is 0.0176. The van der Waals surface area contributed by atoms with Crippen molar-refractivity contribution >= 4 is 23.6 Å². The smallest absolute Gasteiger partial charge is 0.341 e. The molecule has 8 heteroatoms. The number of esters is 1. The van der Waals surface area contributed by atoms with Crippen molar-refractivity contribution < 1.29 is 23.9 Å². The van der Waals surface area contributed by atoms with E-state index in [9.17, 15) is 14.4 Å². The van der Waals surface area contributed by atoms with Crippen LogP contribution >= 0.6 is 0 Å². The third-order valence-electron chi connectivity index (χ3n) is 2.33. The minimum absolute atomic E-state index is 0.0731. The van der Waals surface area contributed by atoms with Crippen molar-refractivity contribution in [3.63, 3.8) is 0 Å². The van der Waals surface area contributed by atoms with Crippen LogP contribution in [0.5, 0.6) is 5.75 Å². The number of primary amides is 1. The number of urea groups is 1. The molecule has 0 fully saturated rings. The Labute approximate surface area is 115 Å². The molecule has 1 unspecified atom stereocenters. The Balaban J connectivity index is 2.95. The van der Waals surface area contributed by atoms with E-state index in [-0.39, 0.29) is 11.3 Å². The molecule has 1 rings (SSSR count). The summed E-state index contributed by atoms with van der Waals surface area (Å²) in [4.78, 5) is 33.6. The average molecular weight is 281 g/mol. The van der Waals surface area contributed by atoms with Crippen LogP contribution in [0.1, 0.15) is 17.3 Å². The molecule has 8 nitrogen and oxygen atoms in total. The maximum absolute atomic E-state index is 11.6. The van der Waals surface area contributed by atoms with Gasteiger partial charge in [0, 0.05) is 11.8 Å². The topological polar surface area (TPSA) is 134 Å². The molecular weight excluding hydrogens is 266 g/mol. The Bertz CT molecular complexity index is 544. The van der Waals surface area contributed by atoms with E-state index in [2.05, 4.69) is 4.74 Å². The standard InChI is InChI=1S/C12H15N3O5/c1-6(10(16)15-12(14)18)20-9-5-7(13)3-4-8(9)11(17)19-2/h3-6H,13H2,1-2H3,(H3,14,15,16,18). The van der Waals surface area contributed by atoms with E-state index in [1.807, 2.05) is 5.32 Å². The van der Waals surface area contributed by atoms with E-state index >= 15 is 0 Å². The van der Waals surface area contributed by atoms with Crippen molar-refractivity contribution in [2.45, 2.75) is 13.0 Å². The number of anilines is 1. The molecule has 3 amide bonds. The molecule has 0 aliphatic rings. The SMILES string of the molecule is COC(=O)c1ccc(N)cc1OC(C)C(=O)NC(N)=O. The van der Waals surface area contributed by atoms with Crippen molar-refractivity contribution in [3.05, 3.63) is 23.8 Å². The van der Waals surface area contributed by atoms with Crippen molar-refractivity contribution in [3.8, 4) is 5.75 Å². The maximum Gasteiger partial charge on any atom is 0.341 e. The minimum Gasteiger partial charge on any atom is -0.480 e. The number of hydrogen-bond donors (Lipinski definition) is 3. The van der Waals surface area contributed by atoms with E-state index < -0.39 is 24.0 Å². The predicted molar refractivity (Wildman–Crippen MR) is 70.0 cm³/mol. The normalized spacial score (nSPS) is 11.3. The molecule has 0 aromatic heterocycles. The summed E-state index contributed by atoms with van der Waals surface area (Å²) in [7, 11) is 1.21. The van der Waals surface area contributed by atoms with Gasteiger partial charge >= 0.3 is 12.0 Å². The van der Waals surface area contributed by atoms with Crippen LogP contribution in [0.3, 0.4) is 0 Å². The Kier molecular flexibility index (Phi) is 4.90. The van der Waals surface area contributed by atoms with Crippen LogP contribution in [0, 0.1) is 0 Å². The van der Waals surface area contributed by atoms with E-state index in [0.717, 1.165) is 0 Å². The van der Waals surface area contributed by atoms with Gasteiger partial charge < -0.3 is 20.9 Å². The largest absolute Gasteiger partial charge is 0.480 e. The summed E-state index contributed by atoms with van der Waals surface area (Å²) in [5.41, 5.74) is 10.9. The van der Waals surface area contributed by atoms with Gasteiger partial charge in [-0.2, -0.15) is 0 Å². The fourth-order valence-corrected chi connectivity index (χ4v) is 1.38. The van der Waals surface area contributed by atoms with Gasteiger partial charge in [-0.3, -0.25) is 10.1 Å². The van der Waals surface area contributed by atoms with Crippen LogP contribution < -0.4 is 21.5 Å². The van der Waals surface area contributed by atoms with Gasteiger partial charge in [0.25, 0.3) is 5.91 Å². The summed E-state index contributed by atoms with van der Waals surface area (Å²) in [5.74, 6) is -1.30. The number of carbonyl (C=O) groups excluding carboxylic acids is 3. The fourth-order valence-electron chi connectivity index (χ4n) is 1.38. The number of ether oxygens (including phenoxy) is 2. The zero-order valence-electron chi connectivity index (χ0n) is 11.0. The second kappa shape index (κ2) is 6.41. The number of nitrogens with two attached hydrogens (primary N) is 2. The van der Waals surface area contributed by atoms with Crippen LogP contribution in [0.25, 0.3) is 0 Å². The lowest BCUT2D eigenvalue weighted by atomic mass is 10.2. The lowest BCUT2D eigenvalue weighted by molar-refractivity contribution is -0.126. The molecule has 0 aliphatic carbocycles. The summed E-state index contributed by atoms with van der Waals surface area (Å²) in [6.45, 7) is 1.39. The molecule has 0 heterocycles. The number of amides is 3. The van der Waals surface area contributed by atoms with Gasteiger partial charge in [0.2, 0.25) is 0 Å². The first-order chi connectivity index (χ1) is 9.35. The lowest BCUT2D eigenvalue weighted by Gasteiger charge is -2.16. The van der Waals surface area contributed by atoms with Crippen LogP contribution in [0.2, 0.25) is 0 Å². The molecule has 0 radical (unpaired) electrons. The Hall–Kier alpha value is -2.77. The van der Waals surface area contributed by atoms with Gasteiger partial charge in [0.05, 0.1) is 7.11 Å². The highest BCUT2D eigenvalue weighted by Crippen LogP contribution is 2.23. The van der Waals surface area contributed by atoms with E-state index in [1.165, 1.54) is 32.2 Å². The van der Waals surface area contributed by atoms with Crippen LogP contribution in [-0.4, -0.2) is 31.1 Å². The van der Waals surface area contributed by atoms with Gasteiger partial charge in [0.1, 0.15) is 11.3 Å². The summed E-state index contributed by atoms with van der Waals surface area (Å²) in [6, 6.07) is 3.29. The number of benzene rings is 1. The fraction of sp³-hybridized carbons (Fsp3) is 0.250. The number of methoxy groups -OCH3 is 1. The van der Waals surface area contributed by atoms with E-state index in [1.54, 1.807) is 0 Å². The van der Waals surface area contributed by atoms with Gasteiger partial charge in [-0.25, -0.2) is 9.59 Å². The highest BCUT2D eigenvalue weighted by Gasteiger charge is 2.20. The zero-order valence-corrected chi connectivity index (χ0v) is 11.0. The summed E-state index contributed by atoms with van der Waals surface area (Å²) in [6.07, 6.45) is -1.05. The van der Waals surface area contributed by atoms with Crippen LogP contribution in [0.15, 0.2) is 18.2 Å². The first kappa shape index (κ1) is 15.3. The molecular formula is C12H15N3O5. The second-order valence-corrected chi connectivity index (χ2v) is 3.86. The molecule has 108 valence electrons. The van der Waals surface area contributed by atoms with Crippen molar-refractivity contribution in [1.29, 1.82) is 0 Å². The number of nitrogens with one attached hydrogen (secondary N) is 1. The van der Waals surface area contributed by atoms with E-state index in [4.69, 9.17) is 16.2 Å². The second-order valence-electron chi connectivity index (χ2n) is 3.86. The molecule has 0 spiro atoms. The lowest BCUT2D eigenvalue weighted by Crippen LogP contribution is -2.42. The monoisotopic (exact) mass is 281 g/mol. The summed E-state index contributed by atoms with van der Waals surface area (Å²) >= 11 is 0. The van der Waals surface area contributed by atoms with E-state index in [0.29, 0.717) is 5.69 Å². The van der Waals surface area contributed by atoms with Gasteiger partial charge in [-0.1, -0.05) is 0 Å². The highest BCUT2D eigenvalue weighted by molar-refractivity contribution is 5.96. The Morgan fingerprint density at radius 2 is 1.95 bits per heavy atom.